The second-order valence-corrected chi connectivity index (χ2v) is 10.9. The lowest BCUT2D eigenvalue weighted by Crippen LogP contribution is -2.33. The van der Waals surface area contributed by atoms with E-state index in [-0.39, 0.29) is 5.78 Å². The maximum absolute atomic E-state index is 13.2. The quantitative estimate of drug-likeness (QED) is 0.105. The number of hydrogen-bond acceptors (Lipinski definition) is 6. The summed E-state index contributed by atoms with van der Waals surface area (Å²) in [5, 5.41) is 3.27. The minimum Gasteiger partial charge on any atom is -0.492 e. The second kappa shape index (κ2) is 15.4. The molecular weight excluding hydrogens is 560 g/mol. The van der Waals surface area contributed by atoms with E-state index in [4.69, 9.17) is 9.47 Å². The molecule has 0 saturated carbocycles. The molecular formula is C39H38N2O4. The molecule has 0 spiro atoms. The molecule has 0 saturated heterocycles. The van der Waals surface area contributed by atoms with Crippen LogP contribution in [0.25, 0.3) is 0 Å². The number of ketones is 1. The van der Waals surface area contributed by atoms with E-state index in [1.165, 1.54) is 18.2 Å². The highest BCUT2D eigenvalue weighted by molar-refractivity contribution is 6.12. The van der Waals surface area contributed by atoms with Crippen LogP contribution in [0.5, 0.6) is 5.75 Å². The number of benzene rings is 5. The Balaban J connectivity index is 1.22. The van der Waals surface area contributed by atoms with Crippen LogP contribution in [-0.4, -0.2) is 38.1 Å². The van der Waals surface area contributed by atoms with Gasteiger partial charge in [-0.05, 0) is 54.4 Å². The zero-order chi connectivity index (χ0) is 31.4. The fourth-order valence-electron chi connectivity index (χ4n) is 5.16. The number of ether oxygens (including phenoxy) is 2. The molecule has 5 aromatic carbocycles. The van der Waals surface area contributed by atoms with Crippen molar-refractivity contribution in [2.75, 3.05) is 30.5 Å². The molecule has 6 heteroatoms. The number of aryl methyl sites for hydroxylation is 1. The average molecular weight is 599 g/mol. The normalized spacial score (nSPS) is 11.3. The van der Waals surface area contributed by atoms with Crippen LogP contribution in [-0.2, 0) is 22.5 Å². The Hall–Kier alpha value is -5.36. The topological polar surface area (TPSA) is 67.9 Å². The maximum atomic E-state index is 13.2. The SMILES string of the molecule is COC(=O)C(Cc1ccc(OCCN(Cc2ccc(C)cc2)c2ccccc2)cc1)Nc1ccccc1C(=O)c1ccccc1. The molecule has 0 aliphatic carbocycles. The van der Waals surface area contributed by atoms with Crippen molar-refractivity contribution in [3.8, 4) is 5.75 Å². The summed E-state index contributed by atoms with van der Waals surface area (Å²) in [6, 6.07) is 42.3. The third kappa shape index (κ3) is 8.61. The molecule has 0 aliphatic rings. The summed E-state index contributed by atoms with van der Waals surface area (Å²) in [7, 11) is 1.37. The van der Waals surface area contributed by atoms with Gasteiger partial charge in [-0.3, -0.25) is 4.79 Å². The first kappa shape index (κ1) is 31.1. The van der Waals surface area contributed by atoms with Gasteiger partial charge in [-0.1, -0.05) is 103 Å². The Morgan fingerprint density at radius 1 is 0.733 bits per heavy atom. The monoisotopic (exact) mass is 598 g/mol. The van der Waals surface area contributed by atoms with Gasteiger partial charge in [0.2, 0.25) is 0 Å². The molecule has 0 heterocycles. The van der Waals surface area contributed by atoms with Crippen LogP contribution in [0.15, 0.2) is 133 Å². The third-order valence-electron chi connectivity index (χ3n) is 7.63. The standard InChI is InChI=1S/C39H38N2O4/c1-29-17-19-31(20-18-29)28-41(33-13-7-4-8-14-33)25-26-45-34-23-21-30(22-24-34)27-37(39(43)44-2)40-36-16-10-9-15-35(36)38(42)32-11-5-3-6-12-32/h3-24,37,40H,25-28H2,1-2H3. The van der Waals surface area contributed by atoms with E-state index in [0.717, 1.165) is 30.1 Å². The highest BCUT2D eigenvalue weighted by Crippen LogP contribution is 2.23. The van der Waals surface area contributed by atoms with Crippen molar-refractivity contribution in [2.24, 2.45) is 0 Å². The fourth-order valence-corrected chi connectivity index (χ4v) is 5.16. The molecule has 0 amide bonds. The second-order valence-electron chi connectivity index (χ2n) is 10.9. The first-order valence-electron chi connectivity index (χ1n) is 15.1. The minimum absolute atomic E-state index is 0.117. The number of carbonyl (C=O) groups is 2. The van der Waals surface area contributed by atoms with Crippen molar-refractivity contribution in [3.63, 3.8) is 0 Å². The molecule has 6 nitrogen and oxygen atoms in total. The molecule has 1 unspecified atom stereocenters. The molecule has 0 fully saturated rings. The summed E-state index contributed by atoms with van der Waals surface area (Å²) in [4.78, 5) is 28.3. The van der Waals surface area contributed by atoms with Gasteiger partial charge in [-0.15, -0.1) is 0 Å². The highest BCUT2D eigenvalue weighted by Gasteiger charge is 2.22. The van der Waals surface area contributed by atoms with Crippen molar-refractivity contribution in [1.82, 2.24) is 0 Å². The Kier molecular flexibility index (Phi) is 10.6. The third-order valence-corrected chi connectivity index (χ3v) is 7.63. The van der Waals surface area contributed by atoms with Gasteiger partial charge < -0.3 is 19.7 Å². The lowest BCUT2D eigenvalue weighted by atomic mass is 10.00. The van der Waals surface area contributed by atoms with Gasteiger partial charge in [0.25, 0.3) is 0 Å². The largest absolute Gasteiger partial charge is 0.492 e. The first-order valence-corrected chi connectivity index (χ1v) is 15.1. The van der Waals surface area contributed by atoms with E-state index >= 15 is 0 Å². The molecule has 0 radical (unpaired) electrons. The number of nitrogens with zero attached hydrogens (tertiary/aromatic N) is 1. The van der Waals surface area contributed by atoms with Gasteiger partial charge >= 0.3 is 5.97 Å². The molecule has 1 atom stereocenters. The molecule has 5 rings (SSSR count). The number of rotatable bonds is 14. The average Bonchev–Trinajstić information content (AvgIpc) is 3.09. The summed E-state index contributed by atoms with van der Waals surface area (Å²) < 4.78 is 11.2. The van der Waals surface area contributed by atoms with Gasteiger partial charge in [0, 0.05) is 35.5 Å². The van der Waals surface area contributed by atoms with E-state index < -0.39 is 12.0 Å². The Morgan fingerprint density at radius 2 is 1.36 bits per heavy atom. The Morgan fingerprint density at radius 3 is 2.04 bits per heavy atom. The minimum atomic E-state index is -0.687. The highest BCUT2D eigenvalue weighted by atomic mass is 16.5. The van der Waals surface area contributed by atoms with Crippen LogP contribution >= 0.6 is 0 Å². The molecule has 0 aliphatic heterocycles. The van der Waals surface area contributed by atoms with Crippen molar-refractivity contribution < 1.29 is 19.1 Å². The Bertz CT molecular complexity index is 1670. The van der Waals surface area contributed by atoms with Crippen molar-refractivity contribution in [3.05, 3.63) is 161 Å². The molecule has 45 heavy (non-hydrogen) atoms. The van der Waals surface area contributed by atoms with E-state index in [0.29, 0.717) is 29.8 Å². The number of carbonyl (C=O) groups excluding carboxylic acids is 2. The predicted octanol–water partition coefficient (Wildman–Crippen LogP) is 7.51. The summed E-state index contributed by atoms with van der Waals surface area (Å²) in [6.45, 7) is 4.11. The first-order chi connectivity index (χ1) is 22.0. The maximum Gasteiger partial charge on any atom is 0.328 e. The van der Waals surface area contributed by atoms with E-state index in [1.807, 2.05) is 72.8 Å². The van der Waals surface area contributed by atoms with Crippen molar-refractivity contribution in [1.29, 1.82) is 0 Å². The molecule has 228 valence electrons. The van der Waals surface area contributed by atoms with Crippen molar-refractivity contribution in [2.45, 2.75) is 25.9 Å². The summed E-state index contributed by atoms with van der Waals surface area (Å²) in [6.07, 6.45) is 0.374. The lowest BCUT2D eigenvalue weighted by molar-refractivity contribution is -0.141. The fraction of sp³-hybridized carbons (Fsp3) is 0.179. The van der Waals surface area contributed by atoms with Crippen LogP contribution in [0.3, 0.4) is 0 Å². The molecule has 5 aromatic rings. The van der Waals surface area contributed by atoms with Crippen LogP contribution in [0, 0.1) is 6.92 Å². The van der Waals surface area contributed by atoms with Crippen LogP contribution in [0.1, 0.15) is 32.6 Å². The Labute approximate surface area is 265 Å². The zero-order valence-corrected chi connectivity index (χ0v) is 25.7. The van der Waals surface area contributed by atoms with E-state index in [9.17, 15) is 9.59 Å². The number of nitrogens with one attached hydrogen (secondary N) is 1. The van der Waals surface area contributed by atoms with Crippen LogP contribution < -0.4 is 15.0 Å². The van der Waals surface area contributed by atoms with E-state index in [1.54, 1.807) is 24.3 Å². The molecule has 0 aromatic heterocycles. The van der Waals surface area contributed by atoms with Crippen molar-refractivity contribution >= 4 is 23.1 Å². The van der Waals surface area contributed by atoms with Gasteiger partial charge in [-0.2, -0.15) is 0 Å². The van der Waals surface area contributed by atoms with Gasteiger partial charge in [0.05, 0.1) is 13.7 Å². The number of para-hydroxylation sites is 2. The van der Waals surface area contributed by atoms with Gasteiger partial charge in [-0.25, -0.2) is 4.79 Å². The molecule has 1 N–H and O–H groups in total. The van der Waals surface area contributed by atoms with E-state index in [2.05, 4.69) is 53.5 Å². The van der Waals surface area contributed by atoms with Gasteiger partial charge in [0.15, 0.2) is 5.78 Å². The summed E-state index contributed by atoms with van der Waals surface area (Å²) in [5.41, 5.74) is 6.22. The number of esters is 1. The van der Waals surface area contributed by atoms with Gasteiger partial charge in [0.1, 0.15) is 18.4 Å². The smallest absolute Gasteiger partial charge is 0.328 e. The van der Waals surface area contributed by atoms with Crippen LogP contribution in [0.2, 0.25) is 0 Å². The predicted molar refractivity (Wildman–Crippen MR) is 180 cm³/mol. The lowest BCUT2D eigenvalue weighted by Gasteiger charge is -2.25. The number of hydrogen-bond donors (Lipinski definition) is 1. The number of anilines is 2. The summed E-state index contributed by atoms with van der Waals surface area (Å²) in [5.74, 6) is 0.226. The zero-order valence-electron chi connectivity index (χ0n) is 25.7. The van der Waals surface area contributed by atoms with Crippen LogP contribution in [0.4, 0.5) is 11.4 Å². The summed E-state index contributed by atoms with van der Waals surface area (Å²) >= 11 is 0. The number of methoxy groups -OCH3 is 1. The molecule has 0 bridgehead atoms.